The van der Waals surface area contributed by atoms with Crippen molar-refractivity contribution >= 4 is 5.57 Å². The topological polar surface area (TPSA) is 0 Å². The maximum atomic E-state index is 15.3. The maximum absolute atomic E-state index is 15.3. The van der Waals surface area contributed by atoms with Crippen LogP contribution in [-0.2, 0) is 6.42 Å². The van der Waals surface area contributed by atoms with Crippen molar-refractivity contribution in [3.8, 4) is 22.3 Å². The molecule has 1 saturated carbocycles. The zero-order valence-electron chi connectivity index (χ0n) is 23.9. The van der Waals surface area contributed by atoms with Crippen molar-refractivity contribution in [2.45, 2.75) is 78.1 Å². The van der Waals surface area contributed by atoms with Gasteiger partial charge in [0.1, 0.15) is 5.82 Å². The van der Waals surface area contributed by atoms with Crippen LogP contribution in [0, 0.1) is 35.2 Å². The lowest BCUT2D eigenvalue weighted by Crippen LogP contribution is -2.23. The highest BCUT2D eigenvalue weighted by Gasteiger charge is 2.29. The summed E-state index contributed by atoms with van der Waals surface area (Å²) in [6, 6.07) is 15.9. The number of hydrogen-bond acceptors (Lipinski definition) is 0. The van der Waals surface area contributed by atoms with E-state index in [-0.39, 0.29) is 11.4 Å². The van der Waals surface area contributed by atoms with Gasteiger partial charge >= 0.3 is 0 Å². The number of halogens is 3. The fraction of sp³-hybridized carbons (Fsp3) is 0.405. The van der Waals surface area contributed by atoms with E-state index in [9.17, 15) is 8.78 Å². The molecule has 1 atom stereocenters. The van der Waals surface area contributed by atoms with Gasteiger partial charge in [-0.15, -0.1) is 0 Å². The third-order valence-corrected chi connectivity index (χ3v) is 9.37. The largest absolute Gasteiger partial charge is 0.206 e. The molecule has 0 nitrogen and oxygen atoms in total. The number of hydrogen-bond donors (Lipinski definition) is 0. The van der Waals surface area contributed by atoms with E-state index in [2.05, 4.69) is 25.2 Å². The molecule has 3 heteroatoms. The maximum Gasteiger partial charge on any atom is 0.166 e. The lowest BCUT2D eigenvalue weighted by Gasteiger charge is -2.35. The Kier molecular flexibility index (Phi) is 9.29. The fourth-order valence-corrected chi connectivity index (χ4v) is 6.86. The number of allylic oxidation sites excluding steroid dienone is 4. The summed E-state index contributed by atoms with van der Waals surface area (Å²) in [4.78, 5) is 0. The minimum Gasteiger partial charge on any atom is -0.206 e. The van der Waals surface area contributed by atoms with E-state index in [1.165, 1.54) is 38.5 Å². The molecular formula is C37H41F3. The molecule has 0 amide bonds. The quantitative estimate of drug-likeness (QED) is 0.248. The van der Waals surface area contributed by atoms with Crippen LogP contribution in [0.15, 0.2) is 72.8 Å². The van der Waals surface area contributed by atoms with Crippen molar-refractivity contribution in [3.05, 3.63) is 101 Å². The van der Waals surface area contributed by atoms with Crippen LogP contribution in [-0.4, -0.2) is 0 Å². The summed E-state index contributed by atoms with van der Waals surface area (Å²) >= 11 is 0. The summed E-state index contributed by atoms with van der Waals surface area (Å²) in [5.74, 6) is 0.642. The molecule has 0 spiro atoms. The van der Waals surface area contributed by atoms with E-state index >= 15 is 4.39 Å². The first-order valence-electron chi connectivity index (χ1n) is 15.2. The first-order chi connectivity index (χ1) is 19.5. The van der Waals surface area contributed by atoms with Crippen molar-refractivity contribution in [1.29, 1.82) is 0 Å². The minimum absolute atomic E-state index is 0.198. The summed E-state index contributed by atoms with van der Waals surface area (Å²) in [5.41, 5.74) is 4.67. The molecule has 0 bridgehead atoms. The lowest BCUT2D eigenvalue weighted by molar-refractivity contribution is 0.190. The highest BCUT2D eigenvalue weighted by Crippen LogP contribution is 2.42. The van der Waals surface area contributed by atoms with Crippen LogP contribution in [0.1, 0.15) is 82.8 Å². The molecule has 0 aliphatic heterocycles. The van der Waals surface area contributed by atoms with E-state index in [1.807, 2.05) is 24.3 Å². The second-order valence-corrected chi connectivity index (χ2v) is 11.7. The van der Waals surface area contributed by atoms with Crippen molar-refractivity contribution in [1.82, 2.24) is 0 Å². The lowest BCUT2D eigenvalue weighted by atomic mass is 9.70. The predicted molar refractivity (Wildman–Crippen MR) is 161 cm³/mol. The van der Waals surface area contributed by atoms with Gasteiger partial charge in [-0.3, -0.25) is 0 Å². The average Bonchev–Trinajstić information content (AvgIpc) is 2.99. The zero-order chi connectivity index (χ0) is 28.1. The van der Waals surface area contributed by atoms with E-state index in [4.69, 9.17) is 0 Å². The van der Waals surface area contributed by atoms with Crippen molar-refractivity contribution in [2.24, 2.45) is 17.8 Å². The van der Waals surface area contributed by atoms with Crippen LogP contribution >= 0.6 is 0 Å². The van der Waals surface area contributed by atoms with Crippen molar-refractivity contribution in [3.63, 3.8) is 0 Å². The van der Waals surface area contributed by atoms with Crippen LogP contribution in [0.3, 0.4) is 0 Å². The molecule has 0 N–H and O–H groups in total. The van der Waals surface area contributed by atoms with Crippen LogP contribution in [0.4, 0.5) is 13.2 Å². The average molecular weight is 543 g/mol. The van der Waals surface area contributed by atoms with Crippen LogP contribution in [0.2, 0.25) is 0 Å². The Morgan fingerprint density at radius 3 is 2.10 bits per heavy atom. The second kappa shape index (κ2) is 13.1. The first-order valence-corrected chi connectivity index (χ1v) is 15.2. The molecule has 2 aliphatic rings. The van der Waals surface area contributed by atoms with Crippen molar-refractivity contribution in [2.75, 3.05) is 0 Å². The molecule has 0 saturated heterocycles. The van der Waals surface area contributed by atoms with E-state index in [1.54, 1.807) is 37.3 Å². The van der Waals surface area contributed by atoms with Gasteiger partial charge in [-0.1, -0.05) is 86.5 Å². The Morgan fingerprint density at radius 1 is 0.750 bits per heavy atom. The number of rotatable bonds is 8. The third kappa shape index (κ3) is 6.29. The minimum atomic E-state index is -0.821. The molecule has 0 heterocycles. The fourth-order valence-electron chi connectivity index (χ4n) is 6.86. The SMILES string of the molecule is C/C=C/CCC1CCC(C2CC=C(c3ccc(-c4ccc(-c5ccc(CC)c(F)c5F)cc4)cc3F)CC2)CC1. The molecule has 1 fully saturated rings. The highest BCUT2D eigenvalue weighted by atomic mass is 19.2. The van der Waals surface area contributed by atoms with Gasteiger partial charge in [0.2, 0.25) is 0 Å². The molecule has 2 aliphatic carbocycles. The Labute approximate surface area is 238 Å². The van der Waals surface area contributed by atoms with Crippen LogP contribution in [0.5, 0.6) is 0 Å². The van der Waals surface area contributed by atoms with Gasteiger partial charge in [-0.2, -0.15) is 0 Å². The van der Waals surface area contributed by atoms with Crippen molar-refractivity contribution < 1.29 is 13.2 Å². The first kappa shape index (κ1) is 28.5. The summed E-state index contributed by atoms with van der Waals surface area (Å²) in [6.45, 7) is 3.90. The standard InChI is InChI=1S/C37H41F3/c1-3-5-6-7-25-8-10-27(11-9-25)28-12-16-30(17-13-28)33-22-21-32(24-35(33)38)29-14-18-31(19-15-29)34-23-20-26(4-2)36(39)37(34)40/h3,5,14-16,18-25,27-28H,4,6-13,17H2,1-2H3/b5-3+. The van der Waals surface area contributed by atoms with Crippen LogP contribution in [0.25, 0.3) is 27.8 Å². The molecule has 0 aromatic heterocycles. The second-order valence-electron chi connectivity index (χ2n) is 11.7. The molecule has 3 aromatic carbocycles. The monoisotopic (exact) mass is 542 g/mol. The molecule has 40 heavy (non-hydrogen) atoms. The summed E-state index contributed by atoms with van der Waals surface area (Å²) in [6.07, 6.45) is 18.3. The Morgan fingerprint density at radius 2 is 1.45 bits per heavy atom. The molecule has 0 radical (unpaired) electrons. The van der Waals surface area contributed by atoms with Gasteiger partial charge in [-0.05, 0) is 110 Å². The third-order valence-electron chi connectivity index (χ3n) is 9.37. The van der Waals surface area contributed by atoms with E-state index < -0.39 is 11.6 Å². The Balaban J connectivity index is 1.22. The normalized spacial score (nSPS) is 21.5. The van der Waals surface area contributed by atoms with Crippen LogP contribution < -0.4 is 0 Å². The van der Waals surface area contributed by atoms with Gasteiger partial charge in [-0.25, -0.2) is 13.2 Å². The number of aryl methyl sites for hydroxylation is 1. The van der Waals surface area contributed by atoms with E-state index in [0.717, 1.165) is 53.7 Å². The van der Waals surface area contributed by atoms with Gasteiger partial charge in [0.15, 0.2) is 11.6 Å². The van der Waals surface area contributed by atoms with Gasteiger partial charge in [0.05, 0.1) is 0 Å². The molecule has 1 unspecified atom stereocenters. The Bertz CT molecular complexity index is 1360. The summed E-state index contributed by atoms with van der Waals surface area (Å²) < 4.78 is 44.2. The number of benzene rings is 3. The van der Waals surface area contributed by atoms with Gasteiger partial charge in [0, 0.05) is 11.1 Å². The Hall–Kier alpha value is -3.07. The van der Waals surface area contributed by atoms with Gasteiger partial charge < -0.3 is 0 Å². The smallest absolute Gasteiger partial charge is 0.166 e. The summed E-state index contributed by atoms with van der Waals surface area (Å²) in [5, 5.41) is 0. The molecule has 3 aromatic rings. The zero-order valence-corrected chi connectivity index (χ0v) is 23.9. The molecule has 210 valence electrons. The van der Waals surface area contributed by atoms with E-state index in [0.29, 0.717) is 23.1 Å². The predicted octanol–water partition coefficient (Wildman–Crippen LogP) is 11.3. The highest BCUT2D eigenvalue weighted by molar-refractivity contribution is 5.74. The van der Waals surface area contributed by atoms with Gasteiger partial charge in [0.25, 0.3) is 0 Å². The molecule has 5 rings (SSSR count). The molecular weight excluding hydrogens is 501 g/mol. The summed E-state index contributed by atoms with van der Waals surface area (Å²) in [7, 11) is 0.